The number of ether oxygens (including phenoxy) is 3. The highest BCUT2D eigenvalue weighted by molar-refractivity contribution is 6.01. The molecule has 8 nitrogen and oxygen atoms in total. The summed E-state index contributed by atoms with van der Waals surface area (Å²) in [5.41, 5.74) is 0.833. The average molecular weight is 652 g/mol. The van der Waals surface area contributed by atoms with E-state index in [1.54, 1.807) is 48.5 Å². The maximum Gasteiger partial charge on any atom is 0.416 e. The van der Waals surface area contributed by atoms with E-state index in [0.717, 1.165) is 0 Å². The second kappa shape index (κ2) is 14.3. The molecule has 0 radical (unpaired) electrons. The third kappa shape index (κ3) is 7.98. The van der Waals surface area contributed by atoms with Crippen LogP contribution in [0.2, 0.25) is 0 Å². The molecule has 0 spiro atoms. The van der Waals surface area contributed by atoms with E-state index >= 15 is 0 Å². The summed E-state index contributed by atoms with van der Waals surface area (Å²) >= 11 is 0. The zero-order valence-corrected chi connectivity index (χ0v) is 24.5. The van der Waals surface area contributed by atoms with Crippen molar-refractivity contribution in [1.29, 1.82) is 0 Å². The fourth-order valence-electron chi connectivity index (χ4n) is 4.80. The van der Waals surface area contributed by atoms with Gasteiger partial charge in [0, 0.05) is 31.6 Å². The highest BCUT2D eigenvalue weighted by atomic mass is 19.4. The second-order valence-electron chi connectivity index (χ2n) is 10.3. The molecule has 46 heavy (non-hydrogen) atoms. The number of nitrogens with one attached hydrogen (secondary N) is 2. The Balaban J connectivity index is 1.65. The second-order valence-corrected chi connectivity index (χ2v) is 10.3. The molecule has 246 valence electrons. The summed E-state index contributed by atoms with van der Waals surface area (Å²) in [5, 5.41) is 8.97. The van der Waals surface area contributed by atoms with Gasteiger partial charge in [-0.05, 0) is 65.7 Å². The molecule has 1 aliphatic rings. The van der Waals surface area contributed by atoms with E-state index in [4.69, 9.17) is 19.3 Å². The summed E-state index contributed by atoms with van der Waals surface area (Å²) in [6.45, 7) is 3.47. The minimum atomic E-state index is -5.02. The quantitative estimate of drug-likeness (QED) is 0.0888. The fourth-order valence-corrected chi connectivity index (χ4v) is 4.80. The van der Waals surface area contributed by atoms with Gasteiger partial charge in [-0.1, -0.05) is 18.2 Å². The lowest BCUT2D eigenvalue weighted by Gasteiger charge is -2.30. The Kier molecular flexibility index (Phi) is 10.6. The van der Waals surface area contributed by atoms with E-state index in [0.29, 0.717) is 47.8 Å². The molecule has 0 saturated carbocycles. The van der Waals surface area contributed by atoms with Gasteiger partial charge in [0.2, 0.25) is 5.90 Å². The number of aliphatic hydroxyl groups is 1. The number of methoxy groups -OCH3 is 1. The first-order chi connectivity index (χ1) is 21.8. The monoisotopic (exact) mass is 651 g/mol. The SMILES string of the molecule is C=CC[C@]1(C(=O)NNCc2cc(C(F)(F)F)cc(C(F)(F)F)c2)N=C(c2ccc(OCCCO)cc2)O[C@H]1c1cccc(OC)c1. The number of carbonyl (C=O) groups excluding carboxylic acids is 1. The highest BCUT2D eigenvalue weighted by Crippen LogP contribution is 2.43. The molecular formula is C32H31F6N3O5. The number of hydrogen-bond donors (Lipinski definition) is 3. The first-order valence-electron chi connectivity index (χ1n) is 14.0. The number of halogens is 6. The normalized spacial score (nSPS) is 18.0. The Morgan fingerprint density at radius 2 is 1.70 bits per heavy atom. The summed E-state index contributed by atoms with van der Waals surface area (Å²) in [5.74, 6) is 0.319. The molecule has 3 N–H and O–H groups in total. The van der Waals surface area contributed by atoms with Crippen molar-refractivity contribution in [3.63, 3.8) is 0 Å². The van der Waals surface area contributed by atoms with Gasteiger partial charge in [0.25, 0.3) is 5.91 Å². The van der Waals surface area contributed by atoms with Crippen LogP contribution >= 0.6 is 0 Å². The highest BCUT2D eigenvalue weighted by Gasteiger charge is 2.52. The molecule has 1 aliphatic heterocycles. The molecule has 0 fully saturated rings. The Hall–Kier alpha value is -4.56. The fraction of sp³-hybridized carbons (Fsp3) is 0.312. The Bertz CT molecular complexity index is 1530. The number of benzene rings is 3. The molecule has 0 saturated heterocycles. The van der Waals surface area contributed by atoms with Gasteiger partial charge in [0.15, 0.2) is 11.6 Å². The largest absolute Gasteiger partial charge is 0.497 e. The van der Waals surface area contributed by atoms with E-state index < -0.39 is 47.6 Å². The van der Waals surface area contributed by atoms with Crippen LogP contribution in [-0.2, 0) is 28.4 Å². The summed E-state index contributed by atoms with van der Waals surface area (Å²) in [4.78, 5) is 18.6. The van der Waals surface area contributed by atoms with Gasteiger partial charge in [0.1, 0.15) is 11.5 Å². The van der Waals surface area contributed by atoms with Crippen LogP contribution in [-0.4, -0.2) is 42.8 Å². The van der Waals surface area contributed by atoms with E-state index in [-0.39, 0.29) is 30.6 Å². The van der Waals surface area contributed by atoms with Gasteiger partial charge in [-0.2, -0.15) is 26.3 Å². The molecule has 3 aromatic rings. The summed E-state index contributed by atoms with van der Waals surface area (Å²) < 4.78 is 97.2. The van der Waals surface area contributed by atoms with Crippen molar-refractivity contribution in [3.05, 3.63) is 107 Å². The van der Waals surface area contributed by atoms with Crippen molar-refractivity contribution in [2.24, 2.45) is 4.99 Å². The molecule has 2 atom stereocenters. The first-order valence-corrected chi connectivity index (χ1v) is 14.0. The molecule has 4 rings (SSSR count). The molecule has 3 aromatic carbocycles. The van der Waals surface area contributed by atoms with Crippen molar-refractivity contribution in [3.8, 4) is 11.5 Å². The minimum absolute atomic E-state index is 0.0226. The van der Waals surface area contributed by atoms with Gasteiger partial charge in [-0.15, -0.1) is 6.58 Å². The summed E-state index contributed by atoms with van der Waals surface area (Å²) in [6, 6.07) is 14.6. The van der Waals surface area contributed by atoms with Crippen LogP contribution < -0.4 is 20.3 Å². The van der Waals surface area contributed by atoms with Crippen LogP contribution in [0.3, 0.4) is 0 Å². The maximum atomic E-state index is 13.9. The van der Waals surface area contributed by atoms with Crippen LogP contribution in [0.4, 0.5) is 26.3 Å². The Labute approximate surface area is 260 Å². The molecule has 1 amide bonds. The first kappa shape index (κ1) is 34.3. The van der Waals surface area contributed by atoms with Crippen molar-refractivity contribution < 1.29 is 50.5 Å². The number of amides is 1. The van der Waals surface area contributed by atoms with Crippen LogP contribution in [0.5, 0.6) is 11.5 Å². The number of rotatable bonds is 13. The molecule has 0 aliphatic carbocycles. The molecule has 0 unspecified atom stereocenters. The van der Waals surface area contributed by atoms with Gasteiger partial charge in [-0.3, -0.25) is 10.2 Å². The van der Waals surface area contributed by atoms with E-state index in [9.17, 15) is 31.1 Å². The number of alkyl halides is 6. The number of hydrazine groups is 1. The smallest absolute Gasteiger partial charge is 0.416 e. The topological polar surface area (TPSA) is 101 Å². The van der Waals surface area contributed by atoms with Crippen LogP contribution in [0, 0.1) is 0 Å². The Morgan fingerprint density at radius 3 is 2.28 bits per heavy atom. The van der Waals surface area contributed by atoms with Crippen molar-refractivity contribution in [1.82, 2.24) is 10.9 Å². The summed E-state index contributed by atoms with van der Waals surface area (Å²) in [6.07, 6.45) is -9.24. The zero-order valence-electron chi connectivity index (χ0n) is 24.5. The number of aliphatic hydroxyl groups excluding tert-OH is 1. The van der Waals surface area contributed by atoms with E-state index in [1.807, 2.05) is 0 Å². The summed E-state index contributed by atoms with van der Waals surface area (Å²) in [7, 11) is 1.46. The number of nitrogens with zero attached hydrogens (tertiary/aromatic N) is 1. The van der Waals surface area contributed by atoms with Gasteiger partial charge in [0.05, 0.1) is 24.8 Å². The average Bonchev–Trinajstić information content (AvgIpc) is 3.41. The van der Waals surface area contributed by atoms with Gasteiger partial charge >= 0.3 is 12.4 Å². The number of aliphatic imine (C=N–C) groups is 1. The van der Waals surface area contributed by atoms with Crippen molar-refractivity contribution in [2.75, 3.05) is 20.3 Å². The van der Waals surface area contributed by atoms with E-state index in [1.165, 1.54) is 13.2 Å². The number of carbonyl (C=O) groups is 1. The van der Waals surface area contributed by atoms with Crippen LogP contribution in [0.15, 0.2) is 84.4 Å². The molecule has 0 aromatic heterocycles. The molecular weight excluding hydrogens is 620 g/mol. The lowest BCUT2D eigenvalue weighted by Crippen LogP contribution is -2.52. The minimum Gasteiger partial charge on any atom is -0.497 e. The zero-order chi connectivity index (χ0) is 33.5. The van der Waals surface area contributed by atoms with Gasteiger partial charge in [-0.25, -0.2) is 10.4 Å². The molecule has 1 heterocycles. The van der Waals surface area contributed by atoms with Crippen LogP contribution in [0.1, 0.15) is 46.8 Å². The Morgan fingerprint density at radius 1 is 1.02 bits per heavy atom. The predicted molar refractivity (Wildman–Crippen MR) is 156 cm³/mol. The number of hydrogen-bond acceptors (Lipinski definition) is 7. The van der Waals surface area contributed by atoms with Crippen molar-refractivity contribution >= 4 is 11.8 Å². The maximum absolute atomic E-state index is 13.9. The lowest BCUT2D eigenvalue weighted by molar-refractivity contribution is -0.143. The standard InChI is InChI=1S/C32H31F6N3O5/c1-3-12-30(29(43)41-39-19-20-15-23(31(33,34)35)18-24(16-20)32(36,37)38)27(22-6-4-7-26(17-22)44-2)46-28(40-30)21-8-10-25(11-9-21)45-14-5-13-42/h3-4,6-11,15-18,27,39,42H,1,5,12-14,19H2,2H3,(H,41,43)/t27-,30-/m0/s1. The van der Waals surface area contributed by atoms with Crippen LogP contribution in [0.25, 0.3) is 0 Å². The predicted octanol–water partition coefficient (Wildman–Crippen LogP) is 6.15. The lowest BCUT2D eigenvalue weighted by atomic mass is 9.84. The third-order valence-electron chi connectivity index (χ3n) is 7.02. The van der Waals surface area contributed by atoms with Gasteiger partial charge < -0.3 is 19.3 Å². The molecule has 0 bridgehead atoms. The third-order valence-corrected chi connectivity index (χ3v) is 7.02. The van der Waals surface area contributed by atoms with E-state index in [2.05, 4.69) is 22.4 Å². The molecule has 14 heteroatoms. The van der Waals surface area contributed by atoms with Crippen molar-refractivity contribution in [2.45, 2.75) is 43.4 Å².